The summed E-state index contributed by atoms with van der Waals surface area (Å²) < 4.78 is 0. The first-order valence-corrected chi connectivity index (χ1v) is 6.58. The number of anilines is 2. The third-order valence-corrected chi connectivity index (χ3v) is 3.24. The maximum atomic E-state index is 11.5. The van der Waals surface area contributed by atoms with Crippen LogP contribution in [0.25, 0.3) is 0 Å². The number of nitrogens with one attached hydrogen (secondary N) is 2. The minimum absolute atomic E-state index is 0.148. The van der Waals surface area contributed by atoms with Gasteiger partial charge in [0, 0.05) is 25.8 Å². The summed E-state index contributed by atoms with van der Waals surface area (Å²) in [6, 6.07) is 5.21. The Bertz CT molecular complexity index is 421. The Morgan fingerprint density at radius 1 is 1.47 bits per heavy atom. The van der Waals surface area contributed by atoms with E-state index in [1.807, 2.05) is 6.07 Å². The maximum Gasteiger partial charge on any atom is 0.251 e. The van der Waals surface area contributed by atoms with E-state index in [-0.39, 0.29) is 12.5 Å². The van der Waals surface area contributed by atoms with Crippen LogP contribution in [0.15, 0.2) is 18.2 Å². The van der Waals surface area contributed by atoms with Crippen molar-refractivity contribution in [2.75, 3.05) is 31.2 Å². The Balaban J connectivity index is 2.67. The molecule has 1 aromatic carbocycles. The lowest BCUT2D eigenvalue weighted by Crippen LogP contribution is -2.19. The van der Waals surface area contributed by atoms with Crippen LogP contribution in [-0.2, 0) is 0 Å². The molecule has 5 N–H and O–H groups in total. The second kappa shape index (κ2) is 7.63. The molecule has 0 aliphatic rings. The predicted octanol–water partition coefficient (Wildman–Crippen LogP) is 1.45. The number of carbonyl (C=O) groups excluding carboxylic acids is 1. The van der Waals surface area contributed by atoms with E-state index in [1.54, 1.807) is 19.2 Å². The molecule has 1 unspecified atom stereocenters. The molecule has 0 fully saturated rings. The Kier molecular flexibility index (Phi) is 6.15. The summed E-state index contributed by atoms with van der Waals surface area (Å²) in [5, 5.41) is 14.8. The summed E-state index contributed by atoms with van der Waals surface area (Å²) in [5.41, 5.74) is 7.85. The van der Waals surface area contributed by atoms with E-state index >= 15 is 0 Å². The first-order valence-electron chi connectivity index (χ1n) is 6.58. The van der Waals surface area contributed by atoms with Crippen molar-refractivity contribution >= 4 is 17.3 Å². The quantitative estimate of drug-likeness (QED) is 0.562. The Hall–Kier alpha value is -1.75. The summed E-state index contributed by atoms with van der Waals surface area (Å²) in [7, 11) is 1.59. The van der Waals surface area contributed by atoms with Gasteiger partial charge in [-0.15, -0.1) is 0 Å². The second-order valence-electron chi connectivity index (χ2n) is 4.55. The molecule has 1 atom stereocenters. The van der Waals surface area contributed by atoms with E-state index in [4.69, 9.17) is 10.8 Å². The van der Waals surface area contributed by atoms with Crippen molar-refractivity contribution in [3.63, 3.8) is 0 Å². The van der Waals surface area contributed by atoms with Gasteiger partial charge in [0.05, 0.1) is 11.4 Å². The third kappa shape index (κ3) is 4.44. The summed E-state index contributed by atoms with van der Waals surface area (Å²) in [4.78, 5) is 11.5. The zero-order valence-corrected chi connectivity index (χ0v) is 11.6. The van der Waals surface area contributed by atoms with Gasteiger partial charge in [0.25, 0.3) is 5.91 Å². The fraction of sp³-hybridized carbons (Fsp3) is 0.500. The van der Waals surface area contributed by atoms with Crippen molar-refractivity contribution < 1.29 is 9.90 Å². The van der Waals surface area contributed by atoms with Crippen LogP contribution >= 0.6 is 0 Å². The summed E-state index contributed by atoms with van der Waals surface area (Å²) >= 11 is 0. The molecule has 0 spiro atoms. The molecular weight excluding hydrogens is 242 g/mol. The Labute approximate surface area is 114 Å². The van der Waals surface area contributed by atoms with Gasteiger partial charge in [0.2, 0.25) is 0 Å². The highest BCUT2D eigenvalue weighted by Gasteiger charge is 2.09. The number of hydrogen-bond donors (Lipinski definition) is 4. The molecule has 5 nitrogen and oxygen atoms in total. The molecule has 19 heavy (non-hydrogen) atoms. The van der Waals surface area contributed by atoms with Gasteiger partial charge in [-0.05, 0) is 30.5 Å². The van der Waals surface area contributed by atoms with Crippen molar-refractivity contribution in [2.45, 2.75) is 19.8 Å². The first kappa shape index (κ1) is 15.3. The second-order valence-corrected chi connectivity index (χ2v) is 4.55. The van der Waals surface area contributed by atoms with Crippen LogP contribution in [-0.4, -0.2) is 31.2 Å². The monoisotopic (exact) mass is 265 g/mol. The summed E-state index contributed by atoms with van der Waals surface area (Å²) in [6.45, 7) is 3.06. The largest absolute Gasteiger partial charge is 0.397 e. The molecule has 0 aromatic heterocycles. The van der Waals surface area contributed by atoms with Crippen molar-refractivity contribution in [1.29, 1.82) is 0 Å². The third-order valence-electron chi connectivity index (χ3n) is 3.24. The highest BCUT2D eigenvalue weighted by molar-refractivity contribution is 5.95. The number of benzene rings is 1. The molecule has 1 aromatic rings. The molecule has 0 saturated heterocycles. The van der Waals surface area contributed by atoms with Gasteiger partial charge < -0.3 is 21.5 Å². The standard InChI is InChI=1S/C14H23N3O2/c1-3-10(6-7-18)9-17-13-5-4-11(8-12(13)15)14(19)16-2/h4-5,8,10,17-18H,3,6-7,9,15H2,1-2H3,(H,16,19). The van der Waals surface area contributed by atoms with Crippen LogP contribution < -0.4 is 16.4 Å². The number of aliphatic hydroxyl groups is 1. The average molecular weight is 265 g/mol. The van der Waals surface area contributed by atoms with Crippen LogP contribution in [0.1, 0.15) is 30.1 Å². The molecule has 0 radical (unpaired) electrons. The van der Waals surface area contributed by atoms with E-state index < -0.39 is 0 Å². The molecule has 106 valence electrons. The fourth-order valence-corrected chi connectivity index (χ4v) is 1.90. The smallest absolute Gasteiger partial charge is 0.251 e. The van der Waals surface area contributed by atoms with Gasteiger partial charge in [0.15, 0.2) is 0 Å². The zero-order valence-electron chi connectivity index (χ0n) is 11.6. The number of rotatable bonds is 7. The Morgan fingerprint density at radius 2 is 2.21 bits per heavy atom. The highest BCUT2D eigenvalue weighted by atomic mass is 16.3. The van der Waals surface area contributed by atoms with Crippen LogP contribution in [0.4, 0.5) is 11.4 Å². The number of nitrogen functional groups attached to an aromatic ring is 1. The molecule has 0 aliphatic heterocycles. The topological polar surface area (TPSA) is 87.4 Å². The number of hydrogen-bond acceptors (Lipinski definition) is 4. The molecule has 1 rings (SSSR count). The van der Waals surface area contributed by atoms with E-state index in [0.29, 0.717) is 17.2 Å². The molecule has 0 bridgehead atoms. The number of amides is 1. The minimum Gasteiger partial charge on any atom is -0.397 e. The molecule has 5 heteroatoms. The predicted molar refractivity (Wildman–Crippen MR) is 78.2 cm³/mol. The van der Waals surface area contributed by atoms with Crippen molar-refractivity contribution in [3.8, 4) is 0 Å². The van der Waals surface area contributed by atoms with Gasteiger partial charge in [-0.1, -0.05) is 13.3 Å². The maximum absolute atomic E-state index is 11.5. The number of nitrogens with two attached hydrogens (primary N) is 1. The molecular formula is C14H23N3O2. The van der Waals surface area contributed by atoms with Gasteiger partial charge >= 0.3 is 0 Å². The molecule has 0 saturated carbocycles. The molecule has 1 amide bonds. The van der Waals surface area contributed by atoms with E-state index in [0.717, 1.165) is 25.1 Å². The van der Waals surface area contributed by atoms with Crippen LogP contribution in [0, 0.1) is 5.92 Å². The van der Waals surface area contributed by atoms with Crippen molar-refractivity contribution in [2.24, 2.45) is 5.92 Å². The normalized spacial score (nSPS) is 11.9. The van der Waals surface area contributed by atoms with Gasteiger partial charge in [0.1, 0.15) is 0 Å². The highest BCUT2D eigenvalue weighted by Crippen LogP contribution is 2.21. The lowest BCUT2D eigenvalue weighted by molar-refractivity contribution is 0.0963. The number of aliphatic hydroxyl groups excluding tert-OH is 1. The van der Waals surface area contributed by atoms with Crippen LogP contribution in [0.2, 0.25) is 0 Å². The fourth-order valence-electron chi connectivity index (χ4n) is 1.90. The first-order chi connectivity index (χ1) is 9.12. The minimum atomic E-state index is -0.148. The Morgan fingerprint density at radius 3 is 2.74 bits per heavy atom. The van der Waals surface area contributed by atoms with Crippen LogP contribution in [0.5, 0.6) is 0 Å². The molecule has 0 aliphatic carbocycles. The zero-order chi connectivity index (χ0) is 14.3. The summed E-state index contributed by atoms with van der Waals surface area (Å²) in [6.07, 6.45) is 1.78. The van der Waals surface area contributed by atoms with Gasteiger partial charge in [-0.2, -0.15) is 0 Å². The van der Waals surface area contributed by atoms with Gasteiger partial charge in [-0.3, -0.25) is 4.79 Å². The van der Waals surface area contributed by atoms with E-state index in [9.17, 15) is 4.79 Å². The lowest BCUT2D eigenvalue weighted by atomic mass is 10.0. The average Bonchev–Trinajstić information content (AvgIpc) is 2.43. The van der Waals surface area contributed by atoms with E-state index in [1.165, 1.54) is 0 Å². The van der Waals surface area contributed by atoms with Crippen LogP contribution in [0.3, 0.4) is 0 Å². The molecule has 0 heterocycles. The van der Waals surface area contributed by atoms with Gasteiger partial charge in [-0.25, -0.2) is 0 Å². The SMILES string of the molecule is CCC(CCO)CNc1ccc(C(=O)NC)cc1N. The lowest BCUT2D eigenvalue weighted by Gasteiger charge is -2.16. The van der Waals surface area contributed by atoms with E-state index in [2.05, 4.69) is 17.6 Å². The summed E-state index contributed by atoms with van der Waals surface area (Å²) in [5.74, 6) is 0.271. The number of carbonyl (C=O) groups is 1. The van der Waals surface area contributed by atoms with Crippen molar-refractivity contribution in [1.82, 2.24) is 5.32 Å². The van der Waals surface area contributed by atoms with Crippen molar-refractivity contribution in [3.05, 3.63) is 23.8 Å².